The molecule has 1 N–H and O–H groups in total. The van der Waals surface area contributed by atoms with Crippen molar-refractivity contribution in [2.75, 3.05) is 5.32 Å². The van der Waals surface area contributed by atoms with E-state index in [0.717, 1.165) is 6.07 Å². The van der Waals surface area contributed by atoms with Crippen molar-refractivity contribution in [1.82, 2.24) is 15.0 Å². The molecule has 52 heavy (non-hydrogen) atoms. The maximum Gasteiger partial charge on any atom is 1.00 e. The number of halogens is 2. The molecule has 0 saturated carbocycles. The van der Waals surface area contributed by atoms with E-state index < -0.39 is 50.7 Å². The molecule has 0 aliphatic heterocycles. The van der Waals surface area contributed by atoms with Crippen molar-refractivity contribution >= 4 is 98.7 Å². The van der Waals surface area contributed by atoms with Gasteiger partial charge in [-0.05, 0) is 96.7 Å². The normalized spacial score (nSPS) is 12.0. The Morgan fingerprint density at radius 3 is 1.63 bits per heavy atom. The van der Waals surface area contributed by atoms with E-state index in [1.54, 1.807) is 13.8 Å². The fourth-order valence-corrected chi connectivity index (χ4v) is 6.58. The summed E-state index contributed by atoms with van der Waals surface area (Å²) in [4.78, 5) is 9.18. The van der Waals surface area contributed by atoms with Gasteiger partial charge in [0.1, 0.15) is 36.0 Å². The van der Waals surface area contributed by atoms with Gasteiger partial charge in [0.25, 0.3) is 0 Å². The SMILES string of the molecule is Cc1cc(N=Nc2ccc(Nc3nc(Cl)nc(Cl)n3)c3c(S(=O)(=O)[O-])cccc23)c(C)cc1N=Nc1cc(S(=O)(=O)[O-])ccc1S(=O)(=O)[O-].[Na+].[Na+].[Na+]. The molecular formula is C27H17Cl2N8Na3O9S3. The fraction of sp³-hybridized carbons (Fsp3) is 0.0741. The van der Waals surface area contributed by atoms with E-state index in [-0.39, 0.29) is 133 Å². The number of aryl methyl sites for hydroxylation is 2. The molecule has 0 amide bonds. The quantitative estimate of drug-likeness (QED) is 0.0898. The van der Waals surface area contributed by atoms with Gasteiger partial charge in [-0.3, -0.25) is 0 Å². The van der Waals surface area contributed by atoms with Crippen LogP contribution in [0.5, 0.6) is 0 Å². The zero-order chi connectivity index (χ0) is 35.9. The Labute approximate surface area is 373 Å². The third-order valence-electron chi connectivity index (χ3n) is 6.61. The third-order valence-corrected chi connectivity index (χ3v) is 9.54. The van der Waals surface area contributed by atoms with Crippen molar-refractivity contribution < 1.29 is 128 Å². The number of azo groups is 2. The Bertz CT molecular complexity index is 2570. The van der Waals surface area contributed by atoms with Gasteiger partial charge < -0.3 is 19.0 Å². The van der Waals surface area contributed by atoms with Gasteiger partial charge in [-0.25, -0.2) is 25.3 Å². The number of anilines is 2. The molecular weight excluding hydrogens is 816 g/mol. The predicted octanol–water partition coefficient (Wildman–Crippen LogP) is -2.75. The van der Waals surface area contributed by atoms with Crippen LogP contribution < -0.4 is 94.0 Å². The van der Waals surface area contributed by atoms with Gasteiger partial charge in [0.15, 0.2) is 0 Å². The minimum Gasteiger partial charge on any atom is -0.744 e. The van der Waals surface area contributed by atoms with Gasteiger partial charge in [-0.2, -0.15) is 25.2 Å². The molecule has 17 nitrogen and oxygen atoms in total. The first kappa shape index (κ1) is 46.6. The summed E-state index contributed by atoms with van der Waals surface area (Å²) in [5.74, 6) is -0.129. The van der Waals surface area contributed by atoms with Gasteiger partial charge in [0.2, 0.25) is 16.5 Å². The molecule has 25 heteroatoms. The van der Waals surface area contributed by atoms with Crippen LogP contribution >= 0.6 is 23.2 Å². The second-order valence-corrected chi connectivity index (χ2v) is 14.7. The summed E-state index contributed by atoms with van der Waals surface area (Å²) >= 11 is 11.7. The number of nitrogens with one attached hydrogen (secondary N) is 1. The van der Waals surface area contributed by atoms with Gasteiger partial charge in [-0.1, -0.05) is 12.1 Å². The van der Waals surface area contributed by atoms with Crippen LogP contribution in [0, 0.1) is 13.8 Å². The van der Waals surface area contributed by atoms with Gasteiger partial charge in [0, 0.05) is 10.8 Å². The number of benzene rings is 4. The number of aromatic nitrogens is 3. The average Bonchev–Trinajstić information content (AvgIpc) is 2.99. The fourth-order valence-electron chi connectivity index (χ4n) is 4.42. The summed E-state index contributed by atoms with van der Waals surface area (Å²) < 4.78 is 106. The first-order valence-corrected chi connectivity index (χ1v) is 18.2. The topological polar surface area (TPSA) is 272 Å². The predicted molar refractivity (Wildman–Crippen MR) is 172 cm³/mol. The average molecular weight is 834 g/mol. The van der Waals surface area contributed by atoms with Crippen molar-refractivity contribution in [3.8, 4) is 0 Å². The van der Waals surface area contributed by atoms with E-state index in [0.29, 0.717) is 35.0 Å². The molecule has 0 spiro atoms. The Kier molecular flexibility index (Phi) is 16.5. The monoisotopic (exact) mass is 832 g/mol. The second kappa shape index (κ2) is 18.4. The molecule has 0 aliphatic rings. The summed E-state index contributed by atoms with van der Waals surface area (Å²) in [5, 5.41) is 18.7. The molecule has 254 valence electrons. The van der Waals surface area contributed by atoms with Crippen LogP contribution in [-0.2, 0) is 30.4 Å². The first-order chi connectivity index (χ1) is 22.8. The summed E-state index contributed by atoms with van der Waals surface area (Å²) in [6.45, 7) is 3.22. The van der Waals surface area contributed by atoms with Crippen LogP contribution in [0.25, 0.3) is 10.8 Å². The van der Waals surface area contributed by atoms with Crippen molar-refractivity contribution in [1.29, 1.82) is 0 Å². The van der Waals surface area contributed by atoms with Crippen LogP contribution in [-0.4, -0.2) is 53.9 Å². The summed E-state index contributed by atoms with van der Waals surface area (Å²) in [7, 11) is -15.1. The molecule has 5 rings (SSSR count). The van der Waals surface area contributed by atoms with Gasteiger partial charge >= 0.3 is 88.7 Å². The number of rotatable bonds is 9. The van der Waals surface area contributed by atoms with Crippen LogP contribution in [0.1, 0.15) is 11.1 Å². The van der Waals surface area contributed by atoms with Crippen molar-refractivity contribution in [2.24, 2.45) is 20.5 Å². The zero-order valence-electron chi connectivity index (χ0n) is 27.6. The number of hydrogen-bond acceptors (Lipinski definition) is 17. The second-order valence-electron chi connectivity index (χ2n) is 9.95. The maximum atomic E-state index is 12.2. The molecule has 0 radical (unpaired) electrons. The molecule has 0 bridgehead atoms. The Hall–Kier alpha value is -1.54. The molecule has 0 aliphatic carbocycles. The van der Waals surface area contributed by atoms with E-state index in [4.69, 9.17) is 23.2 Å². The minimum atomic E-state index is -5.11. The molecule has 0 unspecified atom stereocenters. The standard InChI is InChI=1S/C27H20Cl2N8O9S3.3Na/c1-13-11-20(36-37-21-12-15(47(38,39)40)6-9-22(21)48(41,42)43)14(2)10-19(13)35-34-17-7-8-18(30-27-32-25(28)31-26(29)33-27)24-16(17)4-3-5-23(24)49(44,45)46;;;/h3-12H,1-2H3,(H,38,39,40)(H,41,42,43)(H,44,45,46)(H,30,31,32,33);;;/q;3*+1/p-3. The summed E-state index contributed by atoms with van der Waals surface area (Å²) in [6.07, 6.45) is 0. The Balaban J connectivity index is 0.00000312. The minimum absolute atomic E-state index is 0. The molecule has 4 aromatic carbocycles. The van der Waals surface area contributed by atoms with E-state index in [2.05, 4.69) is 40.7 Å². The molecule has 5 aromatic rings. The van der Waals surface area contributed by atoms with Crippen molar-refractivity contribution in [3.63, 3.8) is 0 Å². The van der Waals surface area contributed by atoms with Crippen molar-refractivity contribution in [3.05, 3.63) is 82.4 Å². The molecule has 1 aromatic heterocycles. The number of nitrogens with zero attached hydrogens (tertiary/aromatic N) is 7. The number of fused-ring (bicyclic) bond motifs is 1. The van der Waals surface area contributed by atoms with E-state index in [9.17, 15) is 38.9 Å². The van der Waals surface area contributed by atoms with E-state index >= 15 is 0 Å². The van der Waals surface area contributed by atoms with Crippen molar-refractivity contribution in [2.45, 2.75) is 28.5 Å². The molecule has 0 atom stereocenters. The van der Waals surface area contributed by atoms with E-state index in [1.807, 2.05) is 0 Å². The number of hydrogen-bond donors (Lipinski definition) is 1. The van der Waals surface area contributed by atoms with Gasteiger partial charge in [-0.15, -0.1) is 10.2 Å². The maximum absolute atomic E-state index is 12.2. The van der Waals surface area contributed by atoms with Crippen LogP contribution in [0.4, 0.5) is 34.4 Å². The van der Waals surface area contributed by atoms with Crippen LogP contribution in [0.3, 0.4) is 0 Å². The Morgan fingerprint density at radius 2 is 1.12 bits per heavy atom. The largest absolute Gasteiger partial charge is 1.00 e. The third kappa shape index (κ3) is 11.3. The van der Waals surface area contributed by atoms with Crippen LogP contribution in [0.2, 0.25) is 10.6 Å². The molecule has 0 fully saturated rings. The van der Waals surface area contributed by atoms with E-state index in [1.165, 1.54) is 36.4 Å². The Morgan fingerprint density at radius 1 is 0.596 bits per heavy atom. The van der Waals surface area contributed by atoms with Gasteiger partial charge in [0.05, 0.1) is 37.4 Å². The summed E-state index contributed by atoms with van der Waals surface area (Å²) in [5.41, 5.74) is 1.01. The zero-order valence-corrected chi connectivity index (χ0v) is 37.5. The summed E-state index contributed by atoms with van der Waals surface area (Å²) in [6, 6.07) is 11.9. The van der Waals surface area contributed by atoms with Crippen LogP contribution in [0.15, 0.2) is 95.8 Å². The molecule has 1 heterocycles. The molecule has 0 saturated heterocycles. The smallest absolute Gasteiger partial charge is 0.744 e. The first-order valence-electron chi connectivity index (χ1n) is 13.2.